The quantitative estimate of drug-likeness (QED) is 0.0285. The highest BCUT2D eigenvalue weighted by Crippen LogP contribution is 2.67. The number of aromatic nitrogens is 4. The van der Waals surface area contributed by atoms with E-state index in [1.165, 1.54) is 78.2 Å². The van der Waals surface area contributed by atoms with Crippen molar-refractivity contribution in [1.29, 1.82) is 0 Å². The van der Waals surface area contributed by atoms with Gasteiger partial charge in [-0.25, -0.2) is 47.2 Å². The molecule has 4 heterocycles. The van der Waals surface area contributed by atoms with Crippen molar-refractivity contribution in [2.45, 2.75) is 99.3 Å². The molecular formula is C55H61ClF4N10O7S2Si. The number of fused-ring (bicyclic) bond motifs is 2. The van der Waals surface area contributed by atoms with Crippen LogP contribution in [-0.4, -0.2) is 108 Å². The summed E-state index contributed by atoms with van der Waals surface area (Å²) in [5.74, 6) is 0.0336. The Morgan fingerprint density at radius 2 is 1.35 bits per heavy atom. The number of amidine groups is 2. The van der Waals surface area contributed by atoms with Gasteiger partial charge >= 0.3 is 6.09 Å². The number of terminal acetylenes is 2. The Kier molecular flexibility index (Phi) is 19.4. The fourth-order valence-corrected chi connectivity index (χ4v) is 12.5. The summed E-state index contributed by atoms with van der Waals surface area (Å²) in [5, 5.41) is 8.05. The Balaban J connectivity index is 0.000000252. The van der Waals surface area contributed by atoms with Gasteiger partial charge < -0.3 is 36.5 Å². The number of nitrogens with zero attached hydrogens (tertiary/aromatic N) is 7. The van der Waals surface area contributed by atoms with Crippen molar-refractivity contribution in [2.24, 2.45) is 39.0 Å². The van der Waals surface area contributed by atoms with Crippen LogP contribution in [0.25, 0.3) is 23.8 Å². The lowest BCUT2D eigenvalue weighted by atomic mass is 9.84. The van der Waals surface area contributed by atoms with Gasteiger partial charge in [0.25, 0.3) is 0 Å². The van der Waals surface area contributed by atoms with E-state index < -0.39 is 81.4 Å². The number of primary amides is 2. The molecule has 2 saturated carbocycles. The highest BCUT2D eigenvalue weighted by molar-refractivity contribution is 8.16. The minimum absolute atomic E-state index is 0.0208. The molecule has 0 unspecified atom stereocenters. The Bertz CT molecular complexity index is 3230. The van der Waals surface area contributed by atoms with E-state index in [4.69, 9.17) is 59.5 Å². The Morgan fingerprint density at radius 1 is 0.838 bits per heavy atom. The second kappa shape index (κ2) is 24.9. The molecule has 80 heavy (non-hydrogen) atoms. The molecule has 6 atom stereocenters. The lowest BCUT2D eigenvalue weighted by Crippen LogP contribution is -2.48. The molecule has 7 N–H and O–H groups in total. The predicted molar refractivity (Wildman–Crippen MR) is 306 cm³/mol. The molecule has 2 aliphatic carbocycles. The van der Waals surface area contributed by atoms with Crippen LogP contribution in [0.1, 0.15) is 81.1 Å². The number of amides is 3. The molecule has 8 rings (SSSR count). The maximum atomic E-state index is 15.6. The molecular weight excluding hydrogens is 1120 g/mol. The van der Waals surface area contributed by atoms with Crippen LogP contribution in [0.15, 0.2) is 71.2 Å². The molecule has 0 saturated heterocycles. The van der Waals surface area contributed by atoms with Gasteiger partial charge in [0, 0.05) is 37.6 Å². The summed E-state index contributed by atoms with van der Waals surface area (Å²) in [6.45, 7) is 15.3. The summed E-state index contributed by atoms with van der Waals surface area (Å²) in [4.78, 5) is 64.6. The lowest BCUT2D eigenvalue weighted by molar-refractivity contribution is -0.119. The molecule has 2 aliphatic heterocycles. The van der Waals surface area contributed by atoms with Gasteiger partial charge in [0.05, 0.1) is 35.9 Å². The number of hydrogen-bond donors (Lipinski definition) is 4. The highest BCUT2D eigenvalue weighted by Gasteiger charge is 2.71. The fourth-order valence-electron chi connectivity index (χ4n) is 8.84. The number of carbonyl (C=O) groups excluding carboxylic acids is 3. The third-order valence-electron chi connectivity index (χ3n) is 13.1. The standard InChI is InChI=1S/C30H38ClF2N5O4SSi.C22H19F2N5O2S.C3H4O/c1-28(2,3)42-27(40)38(17-41-10-11-44(5,6)7)26-37-29(4,23-14-30(23,43-26)25(34)39)19-12-18(8-9-20(19)32)13-21(33)22-15-36-24(31)16-35-22;1-3-6-31-18-11-27-16(10-28-18)15(24)8-12-4-5-14(23)13(7-12)21(2)17-9-22(17,19(25)30)32-20(26)29-21;1-2-3-4/h8-9,12-13,15-16,23H,10-11,14,17H2,1-7H3,(H2,34,39);1,4-5,7-8,10-11,17H,6,9H2,2H3,(H2,25,30)(H2,26,29);1,4H,3H2/b21-13-;15-8-;/t23-,29+,30-;17-,21+,22-;/m00./s1. The van der Waals surface area contributed by atoms with Crippen LogP contribution in [-0.2, 0) is 30.1 Å². The normalized spacial score (nSPS) is 23.8. The van der Waals surface area contributed by atoms with E-state index >= 15 is 8.78 Å². The molecule has 0 radical (unpaired) electrons. The maximum absolute atomic E-state index is 15.6. The van der Waals surface area contributed by atoms with Crippen molar-refractivity contribution < 1.29 is 51.3 Å². The van der Waals surface area contributed by atoms with E-state index in [1.54, 1.807) is 34.6 Å². The first-order valence-electron chi connectivity index (χ1n) is 24.7. The first kappa shape index (κ1) is 62.4. The summed E-state index contributed by atoms with van der Waals surface area (Å²) in [7, 11) is -1.42. The number of carbonyl (C=O) groups is 3. The van der Waals surface area contributed by atoms with Crippen LogP contribution in [0.4, 0.5) is 22.4 Å². The number of nitrogens with two attached hydrogens (primary N) is 3. The van der Waals surface area contributed by atoms with E-state index in [9.17, 15) is 23.2 Å². The molecule has 2 aromatic carbocycles. The second-order valence-corrected chi connectivity index (χ2v) is 30.1. The van der Waals surface area contributed by atoms with Gasteiger partial charge in [-0.15, -0.1) is 12.8 Å². The molecule has 25 heteroatoms. The van der Waals surface area contributed by atoms with Crippen molar-refractivity contribution in [3.8, 4) is 30.6 Å². The number of aliphatic hydroxyl groups excluding tert-OH is 1. The van der Waals surface area contributed by atoms with Gasteiger partial charge in [-0.2, -0.15) is 0 Å². The van der Waals surface area contributed by atoms with Crippen molar-refractivity contribution in [3.05, 3.63) is 112 Å². The topological polar surface area (TPSA) is 257 Å². The average molecular weight is 1180 g/mol. The van der Waals surface area contributed by atoms with Crippen LogP contribution < -0.4 is 21.9 Å². The number of rotatable bonds is 15. The fraction of sp³-hybridized carbons (Fsp3) is 0.400. The Labute approximate surface area is 476 Å². The summed E-state index contributed by atoms with van der Waals surface area (Å²) in [5.41, 5.74) is 15.1. The first-order chi connectivity index (χ1) is 37.4. The summed E-state index contributed by atoms with van der Waals surface area (Å²) in [6, 6.07) is 9.11. The van der Waals surface area contributed by atoms with Gasteiger partial charge in [-0.3, -0.25) is 19.6 Å². The molecule has 2 aromatic heterocycles. The van der Waals surface area contributed by atoms with E-state index in [-0.39, 0.29) is 69.7 Å². The van der Waals surface area contributed by atoms with Gasteiger partial charge in [-0.1, -0.05) is 78.7 Å². The molecule has 3 amide bonds. The predicted octanol–water partition coefficient (Wildman–Crippen LogP) is 9.08. The van der Waals surface area contributed by atoms with Gasteiger partial charge in [0.15, 0.2) is 28.6 Å². The number of aliphatic imine (C=N–C) groups is 2. The number of hydrogen-bond acceptors (Lipinski definition) is 16. The van der Waals surface area contributed by atoms with Crippen LogP contribution in [0.5, 0.6) is 5.88 Å². The number of thioether (sulfide) groups is 2. The van der Waals surface area contributed by atoms with Crippen LogP contribution in [0, 0.1) is 48.2 Å². The second-order valence-electron chi connectivity index (χ2n) is 21.4. The highest BCUT2D eigenvalue weighted by atomic mass is 35.5. The van der Waals surface area contributed by atoms with E-state index in [2.05, 4.69) is 56.9 Å². The zero-order valence-electron chi connectivity index (χ0n) is 45.2. The van der Waals surface area contributed by atoms with Crippen molar-refractivity contribution in [3.63, 3.8) is 0 Å². The third kappa shape index (κ3) is 14.6. The van der Waals surface area contributed by atoms with E-state index in [1.807, 2.05) is 5.92 Å². The molecule has 2 fully saturated rings. The Morgan fingerprint density at radius 3 is 1.80 bits per heavy atom. The van der Waals surface area contributed by atoms with Crippen LogP contribution in [0.2, 0.25) is 30.8 Å². The molecule has 0 spiro atoms. The van der Waals surface area contributed by atoms with Gasteiger partial charge in [0.1, 0.15) is 56.6 Å². The van der Waals surface area contributed by atoms with Crippen molar-refractivity contribution in [2.75, 3.05) is 26.6 Å². The summed E-state index contributed by atoms with van der Waals surface area (Å²) in [6.07, 6.45) is 16.9. The van der Waals surface area contributed by atoms with E-state index in [0.717, 1.165) is 29.6 Å². The van der Waals surface area contributed by atoms with Crippen LogP contribution >= 0.6 is 35.1 Å². The molecule has 4 aliphatic rings. The minimum atomic E-state index is -1.42. The Hall–Kier alpha value is -6.80. The summed E-state index contributed by atoms with van der Waals surface area (Å²) >= 11 is 7.94. The zero-order chi connectivity index (χ0) is 59.2. The number of halogens is 5. The minimum Gasteiger partial charge on any atom is -0.463 e. The molecule has 4 aromatic rings. The van der Waals surface area contributed by atoms with Crippen LogP contribution in [0.3, 0.4) is 0 Å². The number of ether oxygens (including phenoxy) is 3. The zero-order valence-corrected chi connectivity index (χ0v) is 48.5. The SMILES string of the molecule is C#CCO.C#CCOc1cnc(/C(F)=C/c2ccc(F)c([C@@]3(C)N=C(N)S[C@@]4(C(N)=O)C[C@H]43)c2)cn1.CC(C)(C)OC(=O)N(COCC[Si](C)(C)C)C1=N[C@](C)(c2cc(/C=C(\F)c3cnc(Cl)cn3)ccc2F)[C@@H]2C[C@]2(C(N)=O)S1. The average Bonchev–Trinajstić information content (AvgIpc) is 4.34. The lowest BCUT2D eigenvalue weighted by Gasteiger charge is -2.37. The summed E-state index contributed by atoms with van der Waals surface area (Å²) < 4.78 is 75.0. The van der Waals surface area contributed by atoms with Crippen molar-refractivity contribution >= 4 is 95.2 Å². The van der Waals surface area contributed by atoms with Gasteiger partial charge in [0.2, 0.25) is 17.7 Å². The third-order valence-corrected chi connectivity index (χ3v) is 17.8. The number of aliphatic hydroxyl groups is 1. The molecule has 0 bridgehead atoms. The maximum Gasteiger partial charge on any atom is 0.418 e. The largest absolute Gasteiger partial charge is 0.463 e. The monoisotopic (exact) mass is 1180 g/mol. The van der Waals surface area contributed by atoms with Crippen molar-refractivity contribution in [1.82, 2.24) is 24.8 Å². The molecule has 424 valence electrons. The van der Waals surface area contributed by atoms with E-state index in [0.29, 0.717) is 30.6 Å². The smallest absolute Gasteiger partial charge is 0.418 e. The number of benzene rings is 2. The first-order valence-corrected chi connectivity index (χ1v) is 30.4. The van der Waals surface area contributed by atoms with Gasteiger partial charge in [-0.05, 0) is 101 Å². The molecule has 17 nitrogen and oxygen atoms in total.